The van der Waals surface area contributed by atoms with Crippen molar-refractivity contribution in [2.75, 3.05) is 16.4 Å². The third kappa shape index (κ3) is 11.3. The van der Waals surface area contributed by atoms with Gasteiger partial charge in [0.1, 0.15) is 0 Å². The lowest BCUT2D eigenvalue weighted by Crippen LogP contribution is -2.31. The van der Waals surface area contributed by atoms with Crippen LogP contribution in [0.15, 0.2) is 77.7 Å². The van der Waals surface area contributed by atoms with Crippen molar-refractivity contribution in [3.8, 4) is 0 Å². The molecule has 1 aliphatic heterocycles. The molecular formula is C34H41N3O7S. The molecule has 0 saturated carbocycles. The molecule has 1 heterocycles. The number of thioether (sulfide) groups is 1. The van der Waals surface area contributed by atoms with Gasteiger partial charge >= 0.3 is 0 Å². The van der Waals surface area contributed by atoms with Gasteiger partial charge in [0, 0.05) is 53.8 Å². The van der Waals surface area contributed by atoms with Crippen molar-refractivity contribution < 1.29 is 34.2 Å². The maximum absolute atomic E-state index is 12.6. The highest BCUT2D eigenvalue weighted by atomic mass is 32.2. The second-order valence-electron chi connectivity index (χ2n) is 11.0. The molecule has 240 valence electrons. The van der Waals surface area contributed by atoms with Crippen molar-refractivity contribution in [2.24, 2.45) is 0 Å². The van der Waals surface area contributed by atoms with Gasteiger partial charge in [-0.15, -0.1) is 11.8 Å². The molecule has 0 aliphatic carbocycles. The molecule has 10 nitrogen and oxygen atoms in total. The molecule has 45 heavy (non-hydrogen) atoms. The normalized spacial score (nSPS) is 17.8. The highest BCUT2D eigenvalue weighted by molar-refractivity contribution is 7.99. The van der Waals surface area contributed by atoms with Crippen LogP contribution in [0.1, 0.15) is 81.0 Å². The van der Waals surface area contributed by atoms with Crippen LogP contribution < -0.4 is 16.1 Å². The fraction of sp³-hybridized carbons (Fsp3) is 0.382. The molecule has 3 atom stereocenters. The van der Waals surface area contributed by atoms with E-state index in [9.17, 15) is 19.5 Å². The maximum atomic E-state index is 12.6. The first-order chi connectivity index (χ1) is 21.8. The molecule has 1 saturated heterocycles. The van der Waals surface area contributed by atoms with Crippen molar-refractivity contribution in [1.82, 2.24) is 5.48 Å². The Morgan fingerprint density at radius 3 is 2.20 bits per heavy atom. The Kier molecular flexibility index (Phi) is 13.4. The summed E-state index contributed by atoms with van der Waals surface area (Å²) in [5.41, 5.74) is 5.65. The molecule has 3 aromatic rings. The van der Waals surface area contributed by atoms with Gasteiger partial charge < -0.3 is 25.2 Å². The summed E-state index contributed by atoms with van der Waals surface area (Å²) in [6.07, 6.45) is 3.25. The first kappa shape index (κ1) is 34.1. The third-order valence-electron chi connectivity index (χ3n) is 7.35. The molecule has 0 radical (unpaired) electrons. The molecule has 3 aromatic carbocycles. The van der Waals surface area contributed by atoms with Crippen LogP contribution in [0.25, 0.3) is 0 Å². The minimum atomic E-state index is -0.651. The van der Waals surface area contributed by atoms with Gasteiger partial charge in [-0.2, -0.15) is 0 Å². The number of anilines is 2. The van der Waals surface area contributed by atoms with E-state index in [2.05, 4.69) is 10.6 Å². The average Bonchev–Trinajstić information content (AvgIpc) is 3.05. The Morgan fingerprint density at radius 1 is 0.822 bits per heavy atom. The molecule has 11 heteroatoms. The predicted octanol–water partition coefficient (Wildman–Crippen LogP) is 6.26. The van der Waals surface area contributed by atoms with Crippen molar-refractivity contribution in [3.63, 3.8) is 0 Å². The molecule has 1 aliphatic rings. The number of benzene rings is 3. The first-order valence-electron chi connectivity index (χ1n) is 15.2. The van der Waals surface area contributed by atoms with E-state index in [1.807, 2.05) is 72.8 Å². The number of carbonyl (C=O) groups excluding carboxylic acids is 3. The second-order valence-corrected chi connectivity index (χ2v) is 12.1. The van der Waals surface area contributed by atoms with Crippen LogP contribution in [0.4, 0.5) is 11.4 Å². The lowest BCUT2D eigenvalue weighted by molar-refractivity contribution is -0.245. The summed E-state index contributed by atoms with van der Waals surface area (Å²) in [6.45, 7) is 1.45. The zero-order chi connectivity index (χ0) is 32.0. The lowest BCUT2D eigenvalue weighted by Gasteiger charge is -2.36. The van der Waals surface area contributed by atoms with Gasteiger partial charge in [-0.25, -0.2) is 5.48 Å². The number of unbranched alkanes of at least 4 members (excludes halogenated alkanes) is 3. The second kappa shape index (κ2) is 17.7. The average molecular weight is 636 g/mol. The van der Waals surface area contributed by atoms with Crippen LogP contribution >= 0.6 is 11.8 Å². The number of hydrogen-bond donors (Lipinski definition) is 5. The van der Waals surface area contributed by atoms with Gasteiger partial charge in [0.05, 0.1) is 18.8 Å². The van der Waals surface area contributed by atoms with E-state index in [1.165, 1.54) is 6.92 Å². The lowest BCUT2D eigenvalue weighted by atomic mass is 10.0. The van der Waals surface area contributed by atoms with E-state index in [4.69, 9.17) is 14.7 Å². The van der Waals surface area contributed by atoms with Gasteiger partial charge in [-0.05, 0) is 60.4 Å². The highest BCUT2D eigenvalue weighted by Gasteiger charge is 2.32. The molecule has 0 aromatic heterocycles. The minimum absolute atomic E-state index is 0.0284. The summed E-state index contributed by atoms with van der Waals surface area (Å²) in [5, 5.41) is 23.8. The topological polar surface area (TPSA) is 146 Å². The van der Waals surface area contributed by atoms with Crippen LogP contribution in [-0.2, 0) is 30.5 Å². The van der Waals surface area contributed by atoms with E-state index in [0.29, 0.717) is 37.1 Å². The van der Waals surface area contributed by atoms with Crippen molar-refractivity contribution >= 4 is 40.9 Å². The van der Waals surface area contributed by atoms with E-state index in [-0.39, 0.29) is 37.0 Å². The van der Waals surface area contributed by atoms with E-state index < -0.39 is 12.2 Å². The van der Waals surface area contributed by atoms with Crippen LogP contribution in [0.3, 0.4) is 0 Å². The fourth-order valence-electron chi connectivity index (χ4n) is 5.02. The summed E-state index contributed by atoms with van der Waals surface area (Å²) in [5.74, 6) is 0.0827. The number of amides is 3. The molecule has 0 unspecified atom stereocenters. The maximum Gasteiger partial charge on any atom is 0.243 e. The van der Waals surface area contributed by atoms with Crippen LogP contribution in [0, 0.1) is 0 Å². The number of aliphatic hydroxyl groups excluding tert-OH is 1. The fourth-order valence-corrected chi connectivity index (χ4v) is 5.94. The quantitative estimate of drug-likeness (QED) is 0.0569. The summed E-state index contributed by atoms with van der Waals surface area (Å²) < 4.78 is 12.9. The number of rotatable bonds is 15. The molecule has 1 fully saturated rings. The number of nitrogens with one attached hydrogen (secondary N) is 3. The highest BCUT2D eigenvalue weighted by Crippen LogP contribution is 2.40. The van der Waals surface area contributed by atoms with Crippen LogP contribution in [-0.4, -0.2) is 39.9 Å². The SMILES string of the molecule is CC(=O)Nc1ccc(SC[C@H]2C[C@@H](c3ccc(CO)cc3)O[C@@H](c3cccc(NC(=O)CCCCCCC(=O)NO)c3)O2)cc1. The van der Waals surface area contributed by atoms with Crippen molar-refractivity contribution in [3.05, 3.63) is 89.5 Å². The largest absolute Gasteiger partial charge is 0.392 e. The number of ether oxygens (including phenoxy) is 2. The zero-order valence-corrected chi connectivity index (χ0v) is 26.2. The van der Waals surface area contributed by atoms with Gasteiger partial charge in [0.25, 0.3) is 0 Å². The van der Waals surface area contributed by atoms with E-state index in [1.54, 1.807) is 17.2 Å². The number of carbonyl (C=O) groups is 3. The zero-order valence-electron chi connectivity index (χ0n) is 25.4. The molecular weight excluding hydrogens is 594 g/mol. The molecule has 3 amide bonds. The number of hydroxylamine groups is 1. The Balaban J connectivity index is 1.38. The monoisotopic (exact) mass is 635 g/mol. The van der Waals surface area contributed by atoms with E-state index >= 15 is 0 Å². The Bertz CT molecular complexity index is 1400. The van der Waals surface area contributed by atoms with Crippen LogP contribution in [0.2, 0.25) is 0 Å². The number of aliphatic hydroxyl groups is 1. The van der Waals surface area contributed by atoms with Gasteiger partial charge in [0.2, 0.25) is 17.7 Å². The summed E-state index contributed by atoms with van der Waals surface area (Å²) >= 11 is 1.67. The summed E-state index contributed by atoms with van der Waals surface area (Å²) in [7, 11) is 0. The summed E-state index contributed by atoms with van der Waals surface area (Å²) in [6, 6.07) is 22.9. The van der Waals surface area contributed by atoms with E-state index in [0.717, 1.165) is 40.1 Å². The Labute approximate surface area is 267 Å². The summed E-state index contributed by atoms with van der Waals surface area (Å²) in [4.78, 5) is 36.1. The molecule has 0 spiro atoms. The van der Waals surface area contributed by atoms with Crippen molar-refractivity contribution in [2.45, 2.75) is 81.9 Å². The molecule has 0 bridgehead atoms. The number of hydrogen-bond acceptors (Lipinski definition) is 8. The van der Waals surface area contributed by atoms with Gasteiger partial charge in [-0.1, -0.05) is 49.2 Å². The first-order valence-corrected chi connectivity index (χ1v) is 16.2. The predicted molar refractivity (Wildman–Crippen MR) is 173 cm³/mol. The molecule has 4 rings (SSSR count). The minimum Gasteiger partial charge on any atom is -0.392 e. The Morgan fingerprint density at radius 2 is 1.53 bits per heavy atom. The van der Waals surface area contributed by atoms with Gasteiger partial charge in [0.15, 0.2) is 6.29 Å². The smallest absolute Gasteiger partial charge is 0.243 e. The van der Waals surface area contributed by atoms with Crippen molar-refractivity contribution in [1.29, 1.82) is 0 Å². The van der Waals surface area contributed by atoms with Gasteiger partial charge in [-0.3, -0.25) is 19.6 Å². The van der Waals surface area contributed by atoms with Crippen LogP contribution in [0.5, 0.6) is 0 Å². The standard InChI is InChI=1S/C34H41N3O7S/c1-23(39)35-27-15-17-30(18-16-27)45-22-29-20-31(25-13-11-24(21-38)12-14-25)44-34(43-29)26-7-6-8-28(19-26)36-32(40)9-4-2-3-5-10-33(41)37-42/h6-8,11-19,29,31,34,38,42H,2-5,9-10,20-22H2,1H3,(H,35,39)(H,36,40)(H,37,41)/t29-,31+,34+/m1/s1. The third-order valence-corrected chi connectivity index (χ3v) is 8.49. The molecule has 5 N–H and O–H groups in total. The Hall–Kier alpha value is -3.74.